The van der Waals surface area contributed by atoms with Crippen LogP contribution < -0.4 is 0 Å². The van der Waals surface area contributed by atoms with Gasteiger partial charge in [0.15, 0.2) is 0 Å². The van der Waals surface area contributed by atoms with Gasteiger partial charge in [-0.1, -0.05) is 64.2 Å². The van der Waals surface area contributed by atoms with Crippen LogP contribution in [0.2, 0.25) is 18.1 Å². The third-order valence-corrected chi connectivity index (χ3v) is 12.4. The normalized spacial score (nSPS) is 13.5. The van der Waals surface area contributed by atoms with Gasteiger partial charge >= 0.3 is 5.97 Å². The number of ether oxygens (including phenoxy) is 1. The van der Waals surface area contributed by atoms with Gasteiger partial charge < -0.3 is 14.4 Å². The van der Waals surface area contributed by atoms with E-state index in [9.17, 15) is 9.90 Å². The van der Waals surface area contributed by atoms with Gasteiger partial charge in [0, 0.05) is 12.7 Å². The molecule has 5 heteroatoms. The lowest BCUT2D eigenvalue weighted by atomic mass is 10.1. The Hall–Kier alpha value is -2.37. The molecule has 0 radical (unpaired) electrons. The summed E-state index contributed by atoms with van der Waals surface area (Å²) in [6.07, 6.45) is 2.05. The van der Waals surface area contributed by atoms with Crippen molar-refractivity contribution in [2.45, 2.75) is 58.1 Å². The minimum atomic E-state index is -1.93. The molecule has 1 aromatic heterocycles. The van der Waals surface area contributed by atoms with Crippen LogP contribution in [0.3, 0.4) is 0 Å². The average molecular weight is 424 g/mol. The molecule has 0 bridgehead atoms. The van der Waals surface area contributed by atoms with Gasteiger partial charge in [-0.3, -0.25) is 0 Å². The van der Waals surface area contributed by atoms with E-state index in [-0.39, 0.29) is 11.0 Å². The number of aromatic nitrogens is 1. The van der Waals surface area contributed by atoms with Gasteiger partial charge in [0.1, 0.15) is 0 Å². The minimum Gasteiger partial charge on any atom is -0.465 e. The highest BCUT2D eigenvalue weighted by Crippen LogP contribution is 2.43. The van der Waals surface area contributed by atoms with E-state index < -0.39 is 13.8 Å². The van der Waals surface area contributed by atoms with Gasteiger partial charge in [0.2, 0.25) is 0 Å². The summed E-state index contributed by atoms with van der Waals surface area (Å²) in [6, 6.07) is 14.1. The van der Waals surface area contributed by atoms with Gasteiger partial charge in [-0.15, -0.1) is 0 Å². The number of methoxy groups -OCH3 is 1. The maximum absolute atomic E-state index is 12.1. The SMILES string of the molecule is COC(=O)c1ccc2ccn(Cc3cccc(C(O)[Si](C)(C)C(C)(C)C)c3)c2c1C. The zero-order valence-corrected chi connectivity index (χ0v) is 20.1. The molecule has 160 valence electrons. The van der Waals surface area contributed by atoms with E-state index in [1.54, 1.807) is 0 Å². The highest BCUT2D eigenvalue weighted by molar-refractivity contribution is 6.81. The number of fused-ring (bicyclic) bond motifs is 1. The molecule has 0 saturated carbocycles. The highest BCUT2D eigenvalue weighted by Gasteiger charge is 2.42. The van der Waals surface area contributed by atoms with Crippen molar-refractivity contribution in [1.29, 1.82) is 0 Å². The molecule has 1 heterocycles. The molecule has 0 fully saturated rings. The van der Waals surface area contributed by atoms with Gasteiger partial charge in [-0.2, -0.15) is 0 Å². The number of aliphatic hydroxyl groups excluding tert-OH is 1. The third-order valence-electron chi connectivity index (χ3n) is 6.83. The predicted octanol–water partition coefficient (Wildman–Crippen LogP) is 5.87. The predicted molar refractivity (Wildman–Crippen MR) is 126 cm³/mol. The molecule has 4 nitrogen and oxygen atoms in total. The van der Waals surface area contributed by atoms with Gasteiger partial charge in [0.05, 0.1) is 32.0 Å². The molecule has 0 aliphatic rings. The molecule has 1 atom stereocenters. The second-order valence-electron chi connectivity index (χ2n) is 9.73. The van der Waals surface area contributed by atoms with Crippen molar-refractivity contribution in [2.24, 2.45) is 0 Å². The number of aryl methyl sites for hydroxylation is 1. The number of hydrogen-bond acceptors (Lipinski definition) is 3. The molecular formula is C25H33NO3Si. The Bertz CT molecular complexity index is 1080. The molecule has 2 aromatic carbocycles. The van der Waals surface area contributed by atoms with Crippen LogP contribution >= 0.6 is 0 Å². The monoisotopic (exact) mass is 423 g/mol. The van der Waals surface area contributed by atoms with Crippen LogP contribution in [0.25, 0.3) is 10.9 Å². The van der Waals surface area contributed by atoms with Crippen molar-refractivity contribution in [3.63, 3.8) is 0 Å². The van der Waals surface area contributed by atoms with Gasteiger partial charge in [-0.25, -0.2) is 4.79 Å². The van der Waals surface area contributed by atoms with Crippen molar-refractivity contribution in [3.05, 3.63) is 70.9 Å². The Balaban J connectivity index is 1.97. The maximum atomic E-state index is 12.1. The summed E-state index contributed by atoms with van der Waals surface area (Å²) < 4.78 is 7.09. The molecule has 1 N–H and O–H groups in total. The van der Waals surface area contributed by atoms with Crippen LogP contribution in [0.1, 0.15) is 53.5 Å². The second kappa shape index (κ2) is 8.04. The lowest BCUT2D eigenvalue weighted by Gasteiger charge is -2.40. The Labute approximate surface area is 180 Å². The summed E-state index contributed by atoms with van der Waals surface area (Å²) >= 11 is 0. The van der Waals surface area contributed by atoms with E-state index in [1.165, 1.54) is 7.11 Å². The minimum absolute atomic E-state index is 0.0977. The van der Waals surface area contributed by atoms with E-state index in [1.807, 2.05) is 31.2 Å². The summed E-state index contributed by atoms with van der Waals surface area (Å²) in [5.41, 5.74) is 4.24. The van der Waals surface area contributed by atoms with Crippen molar-refractivity contribution in [3.8, 4) is 0 Å². The van der Waals surface area contributed by atoms with E-state index in [0.717, 1.165) is 27.6 Å². The molecule has 0 amide bonds. The molecular weight excluding hydrogens is 390 g/mol. The van der Waals surface area contributed by atoms with Crippen LogP contribution in [0.4, 0.5) is 0 Å². The van der Waals surface area contributed by atoms with E-state index in [4.69, 9.17) is 4.74 Å². The highest BCUT2D eigenvalue weighted by atomic mass is 28.3. The first-order valence-electron chi connectivity index (χ1n) is 10.4. The molecule has 0 aliphatic heterocycles. The number of carbonyl (C=O) groups excluding carboxylic acids is 1. The number of aliphatic hydroxyl groups is 1. The van der Waals surface area contributed by atoms with Gasteiger partial charge in [0.25, 0.3) is 0 Å². The van der Waals surface area contributed by atoms with Crippen LogP contribution in [0.5, 0.6) is 0 Å². The van der Waals surface area contributed by atoms with Crippen molar-refractivity contribution in [1.82, 2.24) is 4.57 Å². The molecule has 3 aromatic rings. The molecule has 30 heavy (non-hydrogen) atoms. The fraction of sp³-hybridized carbons (Fsp3) is 0.400. The van der Waals surface area contributed by atoms with Crippen molar-refractivity contribution >= 4 is 24.9 Å². The van der Waals surface area contributed by atoms with Crippen LogP contribution in [-0.2, 0) is 11.3 Å². The standard InChI is InChI=1S/C25H33NO3Si/c1-17-21(23(27)29-5)12-11-19-13-14-26(22(17)19)16-18-9-8-10-20(15-18)24(28)30(6,7)25(2,3)4/h8-15,24,28H,16H2,1-7H3. The summed E-state index contributed by atoms with van der Waals surface area (Å²) in [6.45, 7) is 13.8. The Morgan fingerprint density at radius 2 is 1.87 bits per heavy atom. The smallest absolute Gasteiger partial charge is 0.338 e. The van der Waals surface area contributed by atoms with Crippen molar-refractivity contribution < 1.29 is 14.6 Å². The number of rotatable bonds is 5. The number of esters is 1. The fourth-order valence-corrected chi connectivity index (χ4v) is 5.66. The third kappa shape index (κ3) is 3.96. The molecule has 3 rings (SSSR count). The Morgan fingerprint density at radius 1 is 1.17 bits per heavy atom. The molecule has 0 saturated heterocycles. The molecule has 1 unspecified atom stereocenters. The average Bonchev–Trinajstić information content (AvgIpc) is 3.10. The summed E-state index contributed by atoms with van der Waals surface area (Å²) in [4.78, 5) is 12.1. The zero-order valence-electron chi connectivity index (χ0n) is 19.1. The van der Waals surface area contributed by atoms with Crippen molar-refractivity contribution in [2.75, 3.05) is 7.11 Å². The van der Waals surface area contributed by atoms with Crippen LogP contribution in [0, 0.1) is 6.92 Å². The Kier molecular flexibility index (Phi) is 5.98. The second-order valence-corrected chi connectivity index (χ2v) is 15.2. The molecule has 0 spiro atoms. The summed E-state index contributed by atoms with van der Waals surface area (Å²) in [5.74, 6) is -0.318. The van der Waals surface area contributed by atoms with Crippen LogP contribution in [-0.4, -0.2) is 30.8 Å². The first-order chi connectivity index (χ1) is 14.0. The van der Waals surface area contributed by atoms with E-state index in [0.29, 0.717) is 12.1 Å². The van der Waals surface area contributed by atoms with Crippen LogP contribution in [0.15, 0.2) is 48.7 Å². The number of benzene rings is 2. The quantitative estimate of drug-likeness (QED) is 0.413. The fourth-order valence-electron chi connectivity index (χ4n) is 3.83. The Morgan fingerprint density at radius 3 is 2.50 bits per heavy atom. The topological polar surface area (TPSA) is 51.5 Å². The zero-order chi connectivity index (χ0) is 22.3. The summed E-state index contributed by atoms with van der Waals surface area (Å²) in [5, 5.41) is 12.4. The first kappa shape index (κ1) is 22.3. The number of hydrogen-bond donors (Lipinski definition) is 1. The lowest BCUT2D eigenvalue weighted by Crippen LogP contribution is -2.44. The van der Waals surface area contributed by atoms with Gasteiger partial charge in [-0.05, 0) is 46.2 Å². The van der Waals surface area contributed by atoms with E-state index in [2.05, 4.69) is 62.8 Å². The summed E-state index contributed by atoms with van der Waals surface area (Å²) in [7, 11) is -0.524. The first-order valence-corrected chi connectivity index (χ1v) is 13.5. The number of nitrogens with zero attached hydrogens (tertiary/aromatic N) is 1. The lowest BCUT2D eigenvalue weighted by molar-refractivity contribution is 0.0600. The maximum Gasteiger partial charge on any atom is 0.338 e. The molecule has 0 aliphatic carbocycles. The number of carbonyl (C=O) groups is 1. The van der Waals surface area contributed by atoms with E-state index >= 15 is 0 Å². The largest absolute Gasteiger partial charge is 0.465 e.